The van der Waals surface area contributed by atoms with Gasteiger partial charge in [-0.2, -0.15) is 0 Å². The highest BCUT2D eigenvalue weighted by molar-refractivity contribution is 5.87. The zero-order valence-electron chi connectivity index (χ0n) is 10.8. The van der Waals surface area contributed by atoms with Crippen molar-refractivity contribution >= 4 is 16.9 Å². The molecule has 1 aromatic heterocycles. The number of aryl methyl sites for hydroxylation is 1. The van der Waals surface area contributed by atoms with Crippen molar-refractivity contribution in [3.8, 4) is 0 Å². The van der Waals surface area contributed by atoms with Gasteiger partial charge in [0.2, 0.25) is 0 Å². The van der Waals surface area contributed by atoms with Crippen LogP contribution in [0.5, 0.6) is 0 Å². The fourth-order valence-electron chi connectivity index (χ4n) is 3.30. The average Bonchev–Trinajstić information content (AvgIpc) is 2.73. The molecule has 0 radical (unpaired) electrons. The van der Waals surface area contributed by atoms with Crippen molar-refractivity contribution < 1.29 is 9.90 Å². The summed E-state index contributed by atoms with van der Waals surface area (Å²) >= 11 is 0. The molecule has 0 aliphatic heterocycles. The van der Waals surface area contributed by atoms with Gasteiger partial charge >= 0.3 is 5.97 Å². The Balaban J connectivity index is 2.15. The molecule has 1 aliphatic carbocycles. The molecule has 3 rings (SSSR count). The number of aliphatic carboxylic acids is 1. The summed E-state index contributed by atoms with van der Waals surface area (Å²) in [6, 6.07) is 8.18. The predicted octanol–water partition coefficient (Wildman–Crippen LogP) is 3.00. The highest BCUT2D eigenvalue weighted by atomic mass is 16.4. The van der Waals surface area contributed by atoms with Gasteiger partial charge in [-0.05, 0) is 17.0 Å². The molecule has 1 fully saturated rings. The fourth-order valence-corrected chi connectivity index (χ4v) is 3.30. The Labute approximate surface area is 106 Å². The maximum Gasteiger partial charge on any atom is 0.307 e. The molecule has 0 bridgehead atoms. The average molecular weight is 243 g/mol. The highest BCUT2D eigenvalue weighted by Gasteiger charge is 2.63. The number of carboxylic acids is 1. The Kier molecular flexibility index (Phi) is 2.12. The summed E-state index contributed by atoms with van der Waals surface area (Å²) in [5.41, 5.74) is 2.19. The first kappa shape index (κ1) is 11.3. The number of carbonyl (C=O) groups is 1. The minimum atomic E-state index is -0.682. The molecule has 1 saturated carbocycles. The van der Waals surface area contributed by atoms with Gasteiger partial charge < -0.3 is 9.67 Å². The van der Waals surface area contributed by atoms with E-state index in [4.69, 9.17) is 0 Å². The lowest BCUT2D eigenvalue weighted by atomic mass is 10.0. The standard InChI is InChI=1S/C15H17NO2/c1-15(2)12(13(15)14(17)18)10-8-16(3)11-7-5-4-6-9(10)11/h4-8,12-13H,1-3H3,(H,17,18). The van der Waals surface area contributed by atoms with E-state index in [1.54, 1.807) is 0 Å². The molecule has 3 nitrogen and oxygen atoms in total. The lowest BCUT2D eigenvalue weighted by Crippen LogP contribution is -2.03. The van der Waals surface area contributed by atoms with E-state index in [9.17, 15) is 9.90 Å². The number of benzene rings is 1. The Morgan fingerprint density at radius 3 is 2.61 bits per heavy atom. The topological polar surface area (TPSA) is 42.2 Å². The number of aromatic nitrogens is 1. The summed E-state index contributed by atoms with van der Waals surface area (Å²) in [6.07, 6.45) is 2.08. The van der Waals surface area contributed by atoms with E-state index >= 15 is 0 Å². The second-order valence-corrected chi connectivity index (χ2v) is 5.83. The summed E-state index contributed by atoms with van der Waals surface area (Å²) in [4.78, 5) is 11.3. The lowest BCUT2D eigenvalue weighted by molar-refractivity contribution is -0.139. The van der Waals surface area contributed by atoms with Crippen LogP contribution in [0, 0.1) is 11.3 Å². The van der Waals surface area contributed by atoms with Crippen molar-refractivity contribution in [1.29, 1.82) is 0 Å². The number of carboxylic acid groups (broad SMARTS) is 1. The lowest BCUT2D eigenvalue weighted by Gasteiger charge is -2.00. The number of rotatable bonds is 2. The molecule has 1 aliphatic rings. The molecule has 0 spiro atoms. The van der Waals surface area contributed by atoms with Crippen molar-refractivity contribution in [2.24, 2.45) is 18.4 Å². The van der Waals surface area contributed by atoms with Crippen molar-refractivity contribution in [3.05, 3.63) is 36.0 Å². The van der Waals surface area contributed by atoms with E-state index in [2.05, 4.69) is 22.9 Å². The second kappa shape index (κ2) is 3.37. The zero-order chi connectivity index (χ0) is 13.1. The first-order valence-electron chi connectivity index (χ1n) is 6.21. The molecule has 1 aromatic carbocycles. The van der Waals surface area contributed by atoms with Gasteiger partial charge in [0.1, 0.15) is 0 Å². The molecule has 0 amide bonds. The third-order valence-electron chi connectivity index (χ3n) is 4.36. The van der Waals surface area contributed by atoms with Crippen LogP contribution in [0.2, 0.25) is 0 Å². The minimum Gasteiger partial charge on any atom is -0.481 e. The van der Waals surface area contributed by atoms with Crippen LogP contribution in [0.3, 0.4) is 0 Å². The predicted molar refractivity (Wildman–Crippen MR) is 70.6 cm³/mol. The first-order valence-corrected chi connectivity index (χ1v) is 6.21. The number of fused-ring (bicyclic) bond motifs is 1. The number of hydrogen-bond donors (Lipinski definition) is 1. The van der Waals surface area contributed by atoms with Crippen LogP contribution in [-0.2, 0) is 11.8 Å². The largest absolute Gasteiger partial charge is 0.481 e. The summed E-state index contributed by atoms with van der Waals surface area (Å²) in [5, 5.41) is 10.5. The van der Waals surface area contributed by atoms with E-state index in [0.29, 0.717) is 0 Å². The Bertz CT molecular complexity index is 639. The highest BCUT2D eigenvalue weighted by Crippen LogP contribution is 2.65. The summed E-state index contributed by atoms with van der Waals surface area (Å²) in [6.45, 7) is 4.08. The van der Waals surface area contributed by atoms with Crippen molar-refractivity contribution in [3.63, 3.8) is 0 Å². The van der Waals surface area contributed by atoms with Crippen LogP contribution >= 0.6 is 0 Å². The Hall–Kier alpha value is -1.77. The van der Waals surface area contributed by atoms with Gasteiger partial charge in [-0.1, -0.05) is 32.0 Å². The van der Waals surface area contributed by atoms with Crippen molar-refractivity contribution in [2.45, 2.75) is 19.8 Å². The molecular formula is C15H17NO2. The molecule has 2 atom stereocenters. The van der Waals surface area contributed by atoms with E-state index in [0.717, 1.165) is 0 Å². The summed E-state index contributed by atoms with van der Waals surface area (Å²) in [7, 11) is 2.01. The maximum atomic E-state index is 11.3. The molecule has 0 saturated heterocycles. The molecule has 18 heavy (non-hydrogen) atoms. The van der Waals surface area contributed by atoms with Gasteiger partial charge in [0.05, 0.1) is 5.92 Å². The van der Waals surface area contributed by atoms with Crippen LogP contribution in [0.15, 0.2) is 30.5 Å². The van der Waals surface area contributed by atoms with Gasteiger partial charge in [-0.3, -0.25) is 4.79 Å². The molecule has 3 heteroatoms. The Morgan fingerprint density at radius 2 is 2.00 bits per heavy atom. The Morgan fingerprint density at radius 1 is 1.33 bits per heavy atom. The second-order valence-electron chi connectivity index (χ2n) is 5.83. The van der Waals surface area contributed by atoms with Crippen LogP contribution in [-0.4, -0.2) is 15.6 Å². The minimum absolute atomic E-state index is 0.126. The molecule has 2 unspecified atom stereocenters. The summed E-state index contributed by atoms with van der Waals surface area (Å²) in [5.74, 6) is -0.817. The molecule has 1 N–H and O–H groups in total. The van der Waals surface area contributed by atoms with Crippen LogP contribution in [0.1, 0.15) is 25.3 Å². The third-order valence-corrected chi connectivity index (χ3v) is 4.36. The van der Waals surface area contributed by atoms with Crippen molar-refractivity contribution in [2.75, 3.05) is 0 Å². The van der Waals surface area contributed by atoms with Gasteiger partial charge in [0, 0.05) is 30.1 Å². The van der Waals surface area contributed by atoms with Crippen LogP contribution in [0.4, 0.5) is 0 Å². The van der Waals surface area contributed by atoms with E-state index in [1.165, 1.54) is 16.5 Å². The molecule has 1 heterocycles. The summed E-state index contributed by atoms with van der Waals surface area (Å²) < 4.78 is 2.08. The van der Waals surface area contributed by atoms with Gasteiger partial charge in [-0.15, -0.1) is 0 Å². The van der Waals surface area contributed by atoms with Gasteiger partial charge in [0.15, 0.2) is 0 Å². The molecule has 2 aromatic rings. The van der Waals surface area contributed by atoms with Gasteiger partial charge in [0.25, 0.3) is 0 Å². The van der Waals surface area contributed by atoms with Crippen molar-refractivity contribution in [1.82, 2.24) is 4.57 Å². The van der Waals surface area contributed by atoms with Crippen LogP contribution in [0.25, 0.3) is 10.9 Å². The fraction of sp³-hybridized carbons (Fsp3) is 0.400. The molecule has 94 valence electrons. The third kappa shape index (κ3) is 1.33. The molecular weight excluding hydrogens is 226 g/mol. The van der Waals surface area contributed by atoms with E-state index < -0.39 is 5.97 Å². The monoisotopic (exact) mass is 243 g/mol. The van der Waals surface area contributed by atoms with E-state index in [1.807, 2.05) is 33.0 Å². The van der Waals surface area contributed by atoms with E-state index in [-0.39, 0.29) is 17.3 Å². The number of nitrogens with zero attached hydrogens (tertiary/aromatic N) is 1. The SMILES string of the molecule is Cn1cc(C2C(C(=O)O)C2(C)C)c2ccccc21. The number of hydrogen-bond acceptors (Lipinski definition) is 1. The number of para-hydroxylation sites is 1. The van der Waals surface area contributed by atoms with Gasteiger partial charge in [-0.25, -0.2) is 0 Å². The maximum absolute atomic E-state index is 11.3. The normalized spacial score (nSPS) is 25.3. The first-order chi connectivity index (χ1) is 8.44. The quantitative estimate of drug-likeness (QED) is 0.881. The smallest absolute Gasteiger partial charge is 0.307 e. The van der Waals surface area contributed by atoms with Crippen LogP contribution < -0.4 is 0 Å². The zero-order valence-corrected chi connectivity index (χ0v) is 10.8.